The van der Waals surface area contributed by atoms with Crippen molar-refractivity contribution < 1.29 is 18.7 Å². The van der Waals surface area contributed by atoms with Crippen molar-refractivity contribution in [2.75, 3.05) is 0 Å². The highest BCUT2D eigenvalue weighted by Crippen LogP contribution is 2.28. The molecule has 1 aromatic heterocycles. The fraction of sp³-hybridized carbons (Fsp3) is 0.100. The van der Waals surface area contributed by atoms with E-state index in [1.54, 1.807) is 11.3 Å². The predicted molar refractivity (Wildman–Crippen MR) is 102 cm³/mol. The second kappa shape index (κ2) is 8.09. The monoisotopic (exact) mass is 386 g/mol. The van der Waals surface area contributed by atoms with Crippen molar-refractivity contribution in [1.82, 2.24) is 5.43 Å². The van der Waals surface area contributed by atoms with Gasteiger partial charge in [-0.15, -0.1) is 11.3 Å². The van der Waals surface area contributed by atoms with E-state index in [-0.39, 0.29) is 16.9 Å². The van der Waals surface area contributed by atoms with Crippen LogP contribution in [-0.2, 0) is 6.42 Å². The minimum atomic E-state index is -0.755. The maximum absolute atomic E-state index is 14.0. The normalized spacial score (nSPS) is 11.1. The Kier molecular flexibility index (Phi) is 5.61. The standard InChI is InChI=1S/C20H16F2N2O2S/c1-2-14-5-6-15(27-14)11-23-24-20(26)17-9-12(3-8-19(17)25)16-7-4-13(21)10-18(16)22/h3-11,25H,2H2,1H3,(H,24,26). The van der Waals surface area contributed by atoms with Crippen LogP contribution in [0.5, 0.6) is 5.75 Å². The molecule has 3 aromatic rings. The Morgan fingerprint density at radius 1 is 1.19 bits per heavy atom. The Labute approximate surface area is 158 Å². The lowest BCUT2D eigenvalue weighted by atomic mass is 10.0. The van der Waals surface area contributed by atoms with E-state index >= 15 is 0 Å². The van der Waals surface area contributed by atoms with Gasteiger partial charge in [-0.05, 0) is 48.4 Å². The first-order valence-electron chi connectivity index (χ1n) is 8.18. The predicted octanol–water partition coefficient (Wildman–Crippen LogP) is 4.73. The van der Waals surface area contributed by atoms with Crippen molar-refractivity contribution in [1.29, 1.82) is 0 Å². The van der Waals surface area contributed by atoms with Crippen molar-refractivity contribution in [2.45, 2.75) is 13.3 Å². The number of hydrazone groups is 1. The van der Waals surface area contributed by atoms with Gasteiger partial charge in [-0.2, -0.15) is 5.10 Å². The van der Waals surface area contributed by atoms with Crippen molar-refractivity contribution >= 4 is 23.5 Å². The van der Waals surface area contributed by atoms with E-state index in [4.69, 9.17) is 0 Å². The van der Waals surface area contributed by atoms with E-state index in [0.29, 0.717) is 5.56 Å². The van der Waals surface area contributed by atoms with Crippen LogP contribution in [0.15, 0.2) is 53.6 Å². The van der Waals surface area contributed by atoms with E-state index in [1.807, 2.05) is 19.1 Å². The molecule has 1 heterocycles. The van der Waals surface area contributed by atoms with Gasteiger partial charge in [0.05, 0.1) is 11.8 Å². The average Bonchev–Trinajstić information content (AvgIpc) is 3.10. The molecule has 0 spiro atoms. The van der Waals surface area contributed by atoms with Gasteiger partial charge in [-0.3, -0.25) is 4.79 Å². The van der Waals surface area contributed by atoms with Crippen molar-refractivity contribution in [3.63, 3.8) is 0 Å². The zero-order valence-corrected chi connectivity index (χ0v) is 15.2. The second-order valence-electron chi connectivity index (χ2n) is 5.71. The van der Waals surface area contributed by atoms with Gasteiger partial charge in [0.15, 0.2) is 0 Å². The molecular weight excluding hydrogens is 370 g/mol. The number of aryl methyl sites for hydroxylation is 1. The fourth-order valence-electron chi connectivity index (χ4n) is 2.48. The van der Waals surface area contributed by atoms with Gasteiger partial charge >= 0.3 is 0 Å². The molecule has 3 rings (SSSR count). The van der Waals surface area contributed by atoms with Crippen LogP contribution < -0.4 is 5.43 Å². The Morgan fingerprint density at radius 3 is 2.70 bits per heavy atom. The van der Waals surface area contributed by atoms with Gasteiger partial charge in [-0.1, -0.05) is 13.0 Å². The fourth-order valence-corrected chi connectivity index (χ4v) is 3.30. The number of amides is 1. The number of hydrogen-bond acceptors (Lipinski definition) is 4. The smallest absolute Gasteiger partial charge is 0.275 e. The number of benzene rings is 2. The molecule has 2 N–H and O–H groups in total. The molecule has 0 fully saturated rings. The molecular formula is C20H16F2N2O2S. The number of nitrogens with one attached hydrogen (secondary N) is 1. The molecule has 0 aliphatic heterocycles. The molecule has 0 saturated heterocycles. The van der Waals surface area contributed by atoms with Gasteiger partial charge in [0.1, 0.15) is 17.4 Å². The van der Waals surface area contributed by atoms with Gasteiger partial charge in [0, 0.05) is 21.4 Å². The van der Waals surface area contributed by atoms with Crippen LogP contribution in [0.25, 0.3) is 11.1 Å². The maximum Gasteiger partial charge on any atom is 0.275 e. The zero-order chi connectivity index (χ0) is 19.4. The minimum absolute atomic E-state index is 0.0613. The summed E-state index contributed by atoms with van der Waals surface area (Å²) in [4.78, 5) is 14.4. The molecule has 0 unspecified atom stereocenters. The largest absolute Gasteiger partial charge is 0.507 e. The number of thiophene rings is 1. The highest BCUT2D eigenvalue weighted by Gasteiger charge is 2.14. The summed E-state index contributed by atoms with van der Waals surface area (Å²) in [6.07, 6.45) is 2.44. The summed E-state index contributed by atoms with van der Waals surface area (Å²) in [6, 6.07) is 11.1. The van der Waals surface area contributed by atoms with Crippen molar-refractivity contribution in [3.8, 4) is 16.9 Å². The first-order chi connectivity index (χ1) is 13.0. The number of carbonyl (C=O) groups excluding carboxylic acids is 1. The number of aromatic hydroxyl groups is 1. The average molecular weight is 386 g/mol. The van der Waals surface area contributed by atoms with Crippen LogP contribution in [0.1, 0.15) is 27.0 Å². The molecule has 0 saturated carbocycles. The number of rotatable bonds is 5. The highest BCUT2D eigenvalue weighted by atomic mass is 32.1. The molecule has 7 heteroatoms. The summed E-state index contributed by atoms with van der Waals surface area (Å²) >= 11 is 1.56. The van der Waals surface area contributed by atoms with Gasteiger partial charge in [0.25, 0.3) is 5.91 Å². The SMILES string of the molecule is CCc1ccc(C=NNC(=O)c2cc(-c3ccc(F)cc3F)ccc2O)s1. The highest BCUT2D eigenvalue weighted by molar-refractivity contribution is 7.13. The number of phenols is 1. The zero-order valence-electron chi connectivity index (χ0n) is 14.4. The topological polar surface area (TPSA) is 61.7 Å². The van der Waals surface area contributed by atoms with Crippen LogP contribution in [0, 0.1) is 11.6 Å². The van der Waals surface area contributed by atoms with Gasteiger partial charge in [0.2, 0.25) is 0 Å². The van der Waals surface area contributed by atoms with Crippen LogP contribution in [0.2, 0.25) is 0 Å². The number of hydrogen-bond donors (Lipinski definition) is 2. The summed E-state index contributed by atoms with van der Waals surface area (Å²) in [5.74, 6) is -2.35. The summed E-state index contributed by atoms with van der Waals surface area (Å²) in [5.41, 5.74) is 2.74. The third-order valence-electron chi connectivity index (χ3n) is 3.87. The van der Waals surface area contributed by atoms with Crippen molar-refractivity contribution in [3.05, 3.63) is 75.5 Å². The number of carbonyl (C=O) groups is 1. The number of nitrogens with zero attached hydrogens (tertiary/aromatic N) is 1. The molecule has 0 aliphatic carbocycles. The van der Waals surface area contributed by atoms with E-state index in [0.717, 1.165) is 23.4 Å². The van der Waals surface area contributed by atoms with Gasteiger partial charge in [-0.25, -0.2) is 14.2 Å². The summed E-state index contributed by atoms with van der Waals surface area (Å²) < 4.78 is 27.0. The number of phenolic OH excluding ortho intramolecular Hbond substituents is 1. The number of halogens is 2. The molecule has 138 valence electrons. The first-order valence-corrected chi connectivity index (χ1v) is 9.00. The molecule has 27 heavy (non-hydrogen) atoms. The maximum atomic E-state index is 14.0. The van der Waals surface area contributed by atoms with E-state index < -0.39 is 17.5 Å². The lowest BCUT2D eigenvalue weighted by molar-refractivity contribution is 0.0952. The molecule has 0 radical (unpaired) electrons. The quantitative estimate of drug-likeness (QED) is 0.492. The minimum Gasteiger partial charge on any atom is -0.507 e. The Hall–Kier alpha value is -3.06. The van der Waals surface area contributed by atoms with Crippen LogP contribution in [0.4, 0.5) is 8.78 Å². The van der Waals surface area contributed by atoms with Gasteiger partial charge < -0.3 is 5.11 Å². The van der Waals surface area contributed by atoms with Crippen LogP contribution >= 0.6 is 11.3 Å². The van der Waals surface area contributed by atoms with Crippen LogP contribution in [0.3, 0.4) is 0 Å². The van der Waals surface area contributed by atoms with E-state index in [2.05, 4.69) is 10.5 Å². The molecule has 1 amide bonds. The Bertz CT molecular complexity index is 1010. The third kappa shape index (κ3) is 4.38. The first kappa shape index (κ1) is 18.7. The molecule has 2 aromatic carbocycles. The van der Waals surface area contributed by atoms with Crippen molar-refractivity contribution in [2.24, 2.45) is 5.10 Å². The van der Waals surface area contributed by atoms with Crippen LogP contribution in [-0.4, -0.2) is 17.2 Å². The van der Waals surface area contributed by atoms with E-state index in [9.17, 15) is 18.7 Å². The lowest BCUT2D eigenvalue weighted by Crippen LogP contribution is -2.17. The summed E-state index contributed by atoms with van der Waals surface area (Å²) in [5, 5.41) is 13.8. The Balaban J connectivity index is 1.80. The second-order valence-corrected chi connectivity index (χ2v) is 6.91. The summed E-state index contributed by atoms with van der Waals surface area (Å²) in [6.45, 7) is 2.05. The summed E-state index contributed by atoms with van der Waals surface area (Å²) in [7, 11) is 0. The lowest BCUT2D eigenvalue weighted by Gasteiger charge is -2.08. The molecule has 0 atom stereocenters. The third-order valence-corrected chi connectivity index (χ3v) is 5.04. The molecule has 4 nitrogen and oxygen atoms in total. The van der Waals surface area contributed by atoms with E-state index in [1.165, 1.54) is 35.4 Å². The Morgan fingerprint density at radius 2 is 2.00 bits per heavy atom. The molecule has 0 aliphatic rings. The molecule has 0 bridgehead atoms.